The van der Waals surface area contributed by atoms with Crippen molar-refractivity contribution in [3.8, 4) is 0 Å². The van der Waals surface area contributed by atoms with Gasteiger partial charge in [0.25, 0.3) is 0 Å². The monoisotopic (exact) mass is 217 g/mol. The van der Waals surface area contributed by atoms with Gasteiger partial charge in [-0.25, -0.2) is 4.98 Å². The summed E-state index contributed by atoms with van der Waals surface area (Å²) in [7, 11) is 0. The van der Waals surface area contributed by atoms with E-state index < -0.39 is 0 Å². The Kier molecular flexibility index (Phi) is 3.25. The quantitative estimate of drug-likeness (QED) is 0.853. The molecule has 3 heteroatoms. The first kappa shape index (κ1) is 11.1. The van der Waals surface area contributed by atoms with Gasteiger partial charge in [-0.05, 0) is 19.1 Å². The van der Waals surface area contributed by atoms with Crippen LogP contribution in [0, 0.1) is 0 Å². The maximum Gasteiger partial charge on any atom is 0.0961 e. The number of benzene rings is 1. The van der Waals surface area contributed by atoms with Crippen molar-refractivity contribution in [3.05, 3.63) is 30.6 Å². The highest BCUT2D eigenvalue weighted by Crippen LogP contribution is 2.16. The molecule has 0 saturated heterocycles. The zero-order valence-corrected chi connectivity index (χ0v) is 10.1. The molecular formula is C13H19N3. The Morgan fingerprint density at radius 2 is 2.00 bits per heavy atom. The van der Waals surface area contributed by atoms with Crippen LogP contribution in [0.25, 0.3) is 11.0 Å². The number of aromatic nitrogens is 2. The maximum absolute atomic E-state index is 4.40. The first-order valence-corrected chi connectivity index (χ1v) is 5.83. The number of nitrogens with zero attached hydrogens (tertiary/aromatic N) is 2. The number of hydrogen-bond donors (Lipinski definition) is 1. The number of para-hydroxylation sites is 2. The fourth-order valence-corrected chi connectivity index (χ4v) is 1.83. The van der Waals surface area contributed by atoms with Crippen LogP contribution in [0.15, 0.2) is 30.6 Å². The van der Waals surface area contributed by atoms with E-state index in [1.165, 1.54) is 5.52 Å². The minimum atomic E-state index is 0.426. The summed E-state index contributed by atoms with van der Waals surface area (Å²) in [5, 5.41) is 3.45. The van der Waals surface area contributed by atoms with Gasteiger partial charge in [-0.3, -0.25) is 0 Å². The second kappa shape index (κ2) is 4.66. The van der Waals surface area contributed by atoms with E-state index in [0.717, 1.165) is 12.1 Å². The van der Waals surface area contributed by atoms with Crippen molar-refractivity contribution in [3.63, 3.8) is 0 Å². The van der Waals surface area contributed by atoms with Crippen molar-refractivity contribution in [2.75, 3.05) is 6.54 Å². The van der Waals surface area contributed by atoms with Crippen LogP contribution in [0.4, 0.5) is 0 Å². The molecule has 1 aromatic carbocycles. The number of fused-ring (bicyclic) bond motifs is 1. The van der Waals surface area contributed by atoms with E-state index in [4.69, 9.17) is 0 Å². The van der Waals surface area contributed by atoms with Crippen LogP contribution in [0.2, 0.25) is 0 Å². The van der Waals surface area contributed by atoms with Gasteiger partial charge < -0.3 is 9.88 Å². The molecule has 1 heterocycles. The SMILES string of the molecule is CC(C)NCC(C)n1cnc2ccccc21. The van der Waals surface area contributed by atoms with E-state index in [2.05, 4.69) is 53.8 Å². The zero-order valence-electron chi connectivity index (χ0n) is 10.1. The Hall–Kier alpha value is -1.35. The molecule has 0 saturated carbocycles. The van der Waals surface area contributed by atoms with Crippen molar-refractivity contribution in [2.45, 2.75) is 32.9 Å². The van der Waals surface area contributed by atoms with Gasteiger partial charge in [0.1, 0.15) is 0 Å². The highest BCUT2D eigenvalue weighted by molar-refractivity contribution is 5.75. The standard InChI is InChI=1S/C13H19N3/c1-10(2)14-8-11(3)16-9-15-12-6-4-5-7-13(12)16/h4-7,9-11,14H,8H2,1-3H3. The number of nitrogens with one attached hydrogen (secondary N) is 1. The lowest BCUT2D eigenvalue weighted by atomic mass is 10.2. The summed E-state index contributed by atoms with van der Waals surface area (Å²) in [5.41, 5.74) is 2.28. The Morgan fingerprint density at radius 3 is 2.75 bits per heavy atom. The van der Waals surface area contributed by atoms with E-state index in [-0.39, 0.29) is 0 Å². The van der Waals surface area contributed by atoms with E-state index in [1.807, 2.05) is 12.4 Å². The molecule has 0 aliphatic heterocycles. The average Bonchev–Trinajstić information content (AvgIpc) is 2.69. The van der Waals surface area contributed by atoms with Gasteiger partial charge >= 0.3 is 0 Å². The number of rotatable bonds is 4. The summed E-state index contributed by atoms with van der Waals surface area (Å²) < 4.78 is 2.23. The predicted octanol–water partition coefficient (Wildman–Crippen LogP) is 2.60. The molecule has 1 atom stereocenters. The van der Waals surface area contributed by atoms with Crippen LogP contribution in [-0.4, -0.2) is 22.1 Å². The Morgan fingerprint density at radius 1 is 1.25 bits per heavy atom. The van der Waals surface area contributed by atoms with Crippen LogP contribution in [0.1, 0.15) is 26.8 Å². The minimum absolute atomic E-state index is 0.426. The predicted molar refractivity (Wildman–Crippen MR) is 67.6 cm³/mol. The summed E-state index contributed by atoms with van der Waals surface area (Å²) in [5.74, 6) is 0. The van der Waals surface area contributed by atoms with Crippen molar-refractivity contribution in [2.24, 2.45) is 0 Å². The van der Waals surface area contributed by atoms with Crippen molar-refractivity contribution >= 4 is 11.0 Å². The summed E-state index contributed by atoms with van der Waals surface area (Å²) >= 11 is 0. The van der Waals surface area contributed by atoms with E-state index >= 15 is 0 Å². The lowest BCUT2D eigenvalue weighted by molar-refractivity contribution is 0.472. The number of hydrogen-bond acceptors (Lipinski definition) is 2. The van der Waals surface area contributed by atoms with E-state index in [1.54, 1.807) is 0 Å². The van der Waals surface area contributed by atoms with Gasteiger partial charge in [0.15, 0.2) is 0 Å². The topological polar surface area (TPSA) is 29.9 Å². The van der Waals surface area contributed by atoms with Gasteiger partial charge in [-0.15, -0.1) is 0 Å². The maximum atomic E-state index is 4.40. The molecule has 2 aromatic rings. The highest BCUT2D eigenvalue weighted by atomic mass is 15.1. The normalized spacial score (nSPS) is 13.5. The highest BCUT2D eigenvalue weighted by Gasteiger charge is 2.08. The van der Waals surface area contributed by atoms with Crippen LogP contribution < -0.4 is 5.32 Å². The fraction of sp³-hybridized carbons (Fsp3) is 0.462. The third-order valence-corrected chi connectivity index (χ3v) is 2.78. The first-order valence-electron chi connectivity index (χ1n) is 5.83. The molecule has 0 aliphatic rings. The molecule has 0 radical (unpaired) electrons. The molecule has 1 aromatic heterocycles. The lowest BCUT2D eigenvalue weighted by Gasteiger charge is -2.17. The first-order chi connectivity index (χ1) is 7.68. The summed E-state index contributed by atoms with van der Waals surface area (Å²) in [6.45, 7) is 7.51. The van der Waals surface area contributed by atoms with Gasteiger partial charge in [0.05, 0.1) is 17.4 Å². The third kappa shape index (κ3) is 2.25. The molecule has 1 N–H and O–H groups in total. The third-order valence-electron chi connectivity index (χ3n) is 2.78. The molecule has 0 aliphatic carbocycles. The van der Waals surface area contributed by atoms with Crippen LogP contribution in [0.5, 0.6) is 0 Å². The smallest absolute Gasteiger partial charge is 0.0961 e. The van der Waals surface area contributed by atoms with E-state index in [0.29, 0.717) is 12.1 Å². The molecule has 3 nitrogen and oxygen atoms in total. The zero-order chi connectivity index (χ0) is 11.5. The Balaban J connectivity index is 2.19. The lowest BCUT2D eigenvalue weighted by Crippen LogP contribution is -2.29. The second-order valence-corrected chi connectivity index (χ2v) is 4.55. The largest absolute Gasteiger partial charge is 0.326 e. The molecule has 1 unspecified atom stereocenters. The summed E-state index contributed by atoms with van der Waals surface area (Å²) in [4.78, 5) is 4.40. The van der Waals surface area contributed by atoms with Gasteiger partial charge in [0.2, 0.25) is 0 Å². The van der Waals surface area contributed by atoms with Crippen LogP contribution in [0.3, 0.4) is 0 Å². The molecule has 0 bridgehead atoms. The fourth-order valence-electron chi connectivity index (χ4n) is 1.83. The van der Waals surface area contributed by atoms with Gasteiger partial charge in [-0.1, -0.05) is 26.0 Å². The summed E-state index contributed by atoms with van der Waals surface area (Å²) in [6.07, 6.45) is 1.93. The molecule has 0 spiro atoms. The molecule has 86 valence electrons. The van der Waals surface area contributed by atoms with Crippen molar-refractivity contribution in [1.82, 2.24) is 14.9 Å². The molecule has 2 rings (SSSR count). The van der Waals surface area contributed by atoms with Gasteiger partial charge in [0, 0.05) is 18.6 Å². The van der Waals surface area contributed by atoms with Gasteiger partial charge in [-0.2, -0.15) is 0 Å². The Labute approximate surface area is 96.5 Å². The molecule has 0 amide bonds. The minimum Gasteiger partial charge on any atom is -0.326 e. The van der Waals surface area contributed by atoms with Crippen LogP contribution >= 0.6 is 0 Å². The summed E-state index contributed by atoms with van der Waals surface area (Å²) in [6, 6.07) is 9.20. The Bertz CT molecular complexity index is 459. The molecular weight excluding hydrogens is 198 g/mol. The number of imidazole rings is 1. The molecule has 16 heavy (non-hydrogen) atoms. The average molecular weight is 217 g/mol. The molecule has 0 fully saturated rings. The van der Waals surface area contributed by atoms with Crippen LogP contribution in [-0.2, 0) is 0 Å². The van der Waals surface area contributed by atoms with Crippen molar-refractivity contribution < 1.29 is 0 Å². The second-order valence-electron chi connectivity index (χ2n) is 4.55. The van der Waals surface area contributed by atoms with E-state index in [9.17, 15) is 0 Å². The van der Waals surface area contributed by atoms with Crippen molar-refractivity contribution in [1.29, 1.82) is 0 Å².